The Morgan fingerprint density at radius 3 is 2.52 bits per heavy atom. The maximum Gasteiger partial charge on any atom is 0.435 e. The van der Waals surface area contributed by atoms with Crippen molar-refractivity contribution < 1.29 is 26.7 Å². The van der Waals surface area contributed by atoms with Crippen LogP contribution in [0, 0.1) is 25.5 Å². The second-order valence-electron chi connectivity index (χ2n) is 9.39. The normalized spacial score (nSPS) is 12.6. The molecule has 0 fully saturated rings. The number of alkyl halides is 3. The van der Waals surface area contributed by atoms with Crippen LogP contribution in [0.5, 0.6) is 0 Å². The molecule has 0 unspecified atom stereocenters. The molecule has 1 amide bonds. The zero-order valence-electron chi connectivity index (χ0n) is 21.4. The molecule has 40 heavy (non-hydrogen) atoms. The summed E-state index contributed by atoms with van der Waals surface area (Å²) >= 11 is 0. The van der Waals surface area contributed by atoms with E-state index >= 15 is 0 Å². The molecule has 206 valence electrons. The number of aromatic nitrogens is 5. The Morgan fingerprint density at radius 1 is 1.07 bits per heavy atom. The second kappa shape index (κ2) is 10.5. The highest BCUT2D eigenvalue weighted by atomic mass is 19.4. The van der Waals surface area contributed by atoms with Gasteiger partial charge in [0.25, 0.3) is 0 Å². The lowest BCUT2D eigenvalue weighted by molar-refractivity contribution is -0.142. The molecule has 5 rings (SSSR count). The number of nitrogens with one attached hydrogen (secondary N) is 2. The van der Waals surface area contributed by atoms with Crippen LogP contribution in [0.2, 0.25) is 0 Å². The van der Waals surface area contributed by atoms with Gasteiger partial charge >= 0.3 is 6.18 Å². The molecule has 5 aromatic rings. The molecule has 0 bridgehead atoms. The van der Waals surface area contributed by atoms with Crippen LogP contribution in [0.15, 0.2) is 61.1 Å². The number of carbonyl (C=O) groups excluding carboxylic acids is 1. The summed E-state index contributed by atoms with van der Waals surface area (Å²) in [5.41, 5.74) is 1.67. The molecule has 1 atom stereocenters. The third-order valence-electron chi connectivity index (χ3n) is 6.64. The van der Waals surface area contributed by atoms with Crippen LogP contribution >= 0.6 is 0 Å². The molecule has 0 saturated heterocycles. The zero-order valence-corrected chi connectivity index (χ0v) is 21.4. The summed E-state index contributed by atoms with van der Waals surface area (Å²) in [6.45, 7) is 2.23. The van der Waals surface area contributed by atoms with Crippen molar-refractivity contribution in [3.05, 3.63) is 101 Å². The molecule has 0 spiro atoms. The number of nitrogens with zero attached hydrogens (tertiary/aromatic N) is 4. The first-order valence-corrected chi connectivity index (χ1v) is 12.2. The molecule has 0 aliphatic heterocycles. The molecule has 0 radical (unpaired) electrons. The average Bonchev–Trinajstić information content (AvgIpc) is 3.47. The van der Waals surface area contributed by atoms with Crippen LogP contribution in [-0.4, -0.2) is 30.6 Å². The number of fused-ring (bicyclic) bond motifs is 1. The summed E-state index contributed by atoms with van der Waals surface area (Å²) in [5, 5.41) is 7.23. The van der Waals surface area contributed by atoms with Gasteiger partial charge in [0.15, 0.2) is 5.69 Å². The topological polar surface area (TPSA) is 88.5 Å². The number of aromatic amines is 1. The Morgan fingerprint density at radius 2 is 1.82 bits per heavy atom. The number of amides is 1. The fourth-order valence-electron chi connectivity index (χ4n) is 4.64. The van der Waals surface area contributed by atoms with Gasteiger partial charge in [-0.25, -0.2) is 13.8 Å². The standard InChI is InChI=1S/C28H23F5N6O/c1-15-16(2)39(38-26(15)28(31,32)33)14-24(40)37-23(10-17-8-20(29)12-21(30)9-17)25-22(4-3-6-34-25)19-11-18-5-7-35-27(18)36-13-19/h3-9,11-13,23H,10,14H2,1-2H3,(H,35,36)(H,37,40)/t23-/m0/s1. The highest BCUT2D eigenvalue weighted by Crippen LogP contribution is 2.33. The van der Waals surface area contributed by atoms with Gasteiger partial charge in [-0.2, -0.15) is 18.3 Å². The van der Waals surface area contributed by atoms with Gasteiger partial charge in [-0.05, 0) is 56.2 Å². The highest BCUT2D eigenvalue weighted by Gasteiger charge is 2.37. The van der Waals surface area contributed by atoms with Gasteiger partial charge in [0.1, 0.15) is 23.8 Å². The predicted octanol–water partition coefficient (Wildman–Crippen LogP) is 5.84. The van der Waals surface area contributed by atoms with Crippen molar-refractivity contribution in [2.45, 2.75) is 39.0 Å². The van der Waals surface area contributed by atoms with E-state index in [0.717, 1.165) is 28.3 Å². The third kappa shape index (κ3) is 5.56. The lowest BCUT2D eigenvalue weighted by atomic mass is 9.95. The molecule has 0 aliphatic rings. The number of H-pyrrole nitrogens is 1. The number of halogens is 5. The van der Waals surface area contributed by atoms with Crippen molar-refractivity contribution in [1.29, 1.82) is 0 Å². The lowest BCUT2D eigenvalue weighted by Crippen LogP contribution is -2.34. The van der Waals surface area contributed by atoms with E-state index in [1.165, 1.54) is 20.0 Å². The van der Waals surface area contributed by atoms with Crippen molar-refractivity contribution >= 4 is 16.9 Å². The van der Waals surface area contributed by atoms with Gasteiger partial charge < -0.3 is 10.3 Å². The van der Waals surface area contributed by atoms with E-state index < -0.39 is 42.0 Å². The van der Waals surface area contributed by atoms with Crippen LogP contribution < -0.4 is 5.32 Å². The Labute approximate surface area is 225 Å². The first kappa shape index (κ1) is 27.0. The first-order valence-electron chi connectivity index (χ1n) is 12.2. The zero-order chi connectivity index (χ0) is 28.6. The molecule has 0 aliphatic carbocycles. The quantitative estimate of drug-likeness (QED) is 0.248. The molecule has 4 aromatic heterocycles. The minimum absolute atomic E-state index is 0.0464. The molecule has 1 aromatic carbocycles. The monoisotopic (exact) mass is 554 g/mol. The smallest absolute Gasteiger partial charge is 0.346 e. The fraction of sp³-hybridized carbons (Fsp3) is 0.214. The minimum Gasteiger partial charge on any atom is -0.346 e. The van der Waals surface area contributed by atoms with Gasteiger partial charge in [0, 0.05) is 52.4 Å². The SMILES string of the molecule is Cc1c(C(F)(F)F)nn(CC(=O)N[C@@H](Cc2cc(F)cc(F)c2)c2ncccc2-c2cnc3[nH]ccc3c2)c1C. The van der Waals surface area contributed by atoms with Gasteiger partial charge in [0.2, 0.25) is 5.91 Å². The number of hydrogen-bond acceptors (Lipinski definition) is 4. The Balaban J connectivity index is 1.51. The molecule has 2 N–H and O–H groups in total. The van der Waals surface area contributed by atoms with Crippen molar-refractivity contribution in [1.82, 2.24) is 30.0 Å². The molecular weight excluding hydrogens is 531 g/mol. The third-order valence-corrected chi connectivity index (χ3v) is 6.64. The van der Waals surface area contributed by atoms with Gasteiger partial charge in [0.05, 0.1) is 11.7 Å². The van der Waals surface area contributed by atoms with Gasteiger partial charge in [-0.15, -0.1) is 0 Å². The number of rotatable bonds is 7. The Kier molecular flexibility index (Phi) is 7.09. The summed E-state index contributed by atoms with van der Waals surface area (Å²) in [7, 11) is 0. The molecule has 0 saturated carbocycles. The lowest BCUT2D eigenvalue weighted by Gasteiger charge is -2.22. The van der Waals surface area contributed by atoms with E-state index in [-0.39, 0.29) is 23.2 Å². The second-order valence-corrected chi connectivity index (χ2v) is 9.39. The van der Waals surface area contributed by atoms with Crippen LogP contribution in [0.25, 0.3) is 22.2 Å². The first-order chi connectivity index (χ1) is 19.0. The van der Waals surface area contributed by atoms with E-state index in [9.17, 15) is 26.7 Å². The fourth-order valence-corrected chi connectivity index (χ4v) is 4.64. The summed E-state index contributed by atoms with van der Waals surface area (Å²) in [6, 6.07) is 9.35. The van der Waals surface area contributed by atoms with Crippen LogP contribution in [0.1, 0.15) is 34.3 Å². The van der Waals surface area contributed by atoms with Gasteiger partial charge in [-0.1, -0.05) is 6.07 Å². The largest absolute Gasteiger partial charge is 0.435 e. The van der Waals surface area contributed by atoms with Crippen molar-refractivity contribution in [3.63, 3.8) is 0 Å². The van der Waals surface area contributed by atoms with E-state index in [0.29, 0.717) is 22.5 Å². The van der Waals surface area contributed by atoms with E-state index in [4.69, 9.17) is 0 Å². The van der Waals surface area contributed by atoms with E-state index in [1.54, 1.807) is 24.5 Å². The predicted molar refractivity (Wildman–Crippen MR) is 137 cm³/mol. The number of hydrogen-bond donors (Lipinski definition) is 2. The minimum atomic E-state index is -4.67. The summed E-state index contributed by atoms with van der Waals surface area (Å²) < 4.78 is 69.1. The average molecular weight is 555 g/mol. The van der Waals surface area contributed by atoms with E-state index in [1.807, 2.05) is 12.1 Å². The van der Waals surface area contributed by atoms with Crippen molar-refractivity contribution in [2.75, 3.05) is 0 Å². The number of benzene rings is 1. The van der Waals surface area contributed by atoms with Crippen molar-refractivity contribution in [2.24, 2.45) is 0 Å². The maximum atomic E-state index is 14.0. The number of carbonyl (C=O) groups is 1. The molecule has 4 heterocycles. The van der Waals surface area contributed by atoms with Crippen LogP contribution in [0.3, 0.4) is 0 Å². The maximum absolute atomic E-state index is 14.0. The van der Waals surface area contributed by atoms with E-state index in [2.05, 4.69) is 25.4 Å². The number of pyridine rings is 2. The van der Waals surface area contributed by atoms with Crippen LogP contribution in [0.4, 0.5) is 22.0 Å². The molecular formula is C28H23F5N6O. The summed E-state index contributed by atoms with van der Waals surface area (Å²) in [6.07, 6.45) is 0.182. The van der Waals surface area contributed by atoms with Gasteiger partial charge in [-0.3, -0.25) is 14.5 Å². The summed E-state index contributed by atoms with van der Waals surface area (Å²) in [5.74, 6) is -2.23. The van der Waals surface area contributed by atoms with Crippen LogP contribution in [-0.2, 0) is 23.9 Å². The Hall–Kier alpha value is -4.61. The highest BCUT2D eigenvalue weighted by molar-refractivity contribution is 5.82. The molecule has 12 heteroatoms. The van der Waals surface area contributed by atoms with Crippen molar-refractivity contribution in [3.8, 4) is 11.1 Å². The molecule has 7 nitrogen and oxygen atoms in total. The summed E-state index contributed by atoms with van der Waals surface area (Å²) in [4.78, 5) is 25.1. The Bertz CT molecular complexity index is 1690.